The van der Waals surface area contributed by atoms with Gasteiger partial charge in [0, 0.05) is 25.9 Å². The smallest absolute Gasteiger partial charge is 0.101 e. The average Bonchev–Trinajstić information content (AvgIpc) is 2.54. The molecule has 1 aliphatic rings. The summed E-state index contributed by atoms with van der Waals surface area (Å²) in [6.45, 7) is 4.59. The minimum atomic E-state index is 0.203. The number of nitriles is 1. The first-order chi connectivity index (χ1) is 7.81. The molecule has 1 atom stereocenters. The summed E-state index contributed by atoms with van der Waals surface area (Å²) in [5.74, 6) is 0. The van der Waals surface area contributed by atoms with Crippen molar-refractivity contribution in [3.8, 4) is 6.07 Å². The third-order valence-corrected chi connectivity index (χ3v) is 2.71. The zero-order chi connectivity index (χ0) is 11.4. The van der Waals surface area contributed by atoms with Gasteiger partial charge in [0.25, 0.3) is 0 Å². The first kappa shape index (κ1) is 10.9. The molecular formula is C12H15N3O. The van der Waals surface area contributed by atoms with Gasteiger partial charge in [0.2, 0.25) is 0 Å². The van der Waals surface area contributed by atoms with E-state index in [1.807, 2.05) is 0 Å². The van der Waals surface area contributed by atoms with Gasteiger partial charge in [-0.2, -0.15) is 5.26 Å². The lowest BCUT2D eigenvalue weighted by Gasteiger charge is -2.24. The van der Waals surface area contributed by atoms with Gasteiger partial charge in [0.1, 0.15) is 6.07 Å². The number of aromatic nitrogens is 1. The molecule has 1 fully saturated rings. The van der Waals surface area contributed by atoms with Crippen LogP contribution >= 0.6 is 0 Å². The molecule has 2 heterocycles. The standard InChI is InChI=1S/C12H15N3O/c1-10-9-15(5-2-6-16-10)12-8-14-4-3-11(12)7-13/h3-4,8,10H,2,5-6,9H2,1H3. The molecule has 16 heavy (non-hydrogen) atoms. The number of ether oxygens (including phenoxy) is 1. The van der Waals surface area contributed by atoms with E-state index in [-0.39, 0.29) is 6.10 Å². The summed E-state index contributed by atoms with van der Waals surface area (Å²) in [6, 6.07) is 3.96. The minimum Gasteiger partial charge on any atom is -0.377 e. The van der Waals surface area contributed by atoms with E-state index in [1.54, 1.807) is 18.5 Å². The van der Waals surface area contributed by atoms with Crippen molar-refractivity contribution in [3.05, 3.63) is 24.0 Å². The van der Waals surface area contributed by atoms with Crippen molar-refractivity contribution in [2.24, 2.45) is 0 Å². The molecule has 1 aliphatic heterocycles. The Morgan fingerprint density at radius 3 is 3.31 bits per heavy atom. The van der Waals surface area contributed by atoms with Crippen LogP contribution in [0.25, 0.3) is 0 Å². The number of anilines is 1. The highest BCUT2D eigenvalue weighted by molar-refractivity contribution is 5.57. The van der Waals surface area contributed by atoms with Crippen molar-refractivity contribution in [1.29, 1.82) is 5.26 Å². The maximum Gasteiger partial charge on any atom is 0.101 e. The fourth-order valence-corrected chi connectivity index (χ4v) is 1.95. The van der Waals surface area contributed by atoms with Crippen LogP contribution in [-0.4, -0.2) is 30.8 Å². The van der Waals surface area contributed by atoms with Gasteiger partial charge < -0.3 is 9.64 Å². The topological polar surface area (TPSA) is 49.2 Å². The highest BCUT2D eigenvalue weighted by Gasteiger charge is 2.17. The quantitative estimate of drug-likeness (QED) is 0.716. The maximum absolute atomic E-state index is 9.05. The van der Waals surface area contributed by atoms with Crippen LogP contribution in [0.3, 0.4) is 0 Å². The Bertz CT molecular complexity index is 399. The Kier molecular flexibility index (Phi) is 3.37. The van der Waals surface area contributed by atoms with Gasteiger partial charge in [-0.3, -0.25) is 4.98 Å². The average molecular weight is 217 g/mol. The normalized spacial score (nSPS) is 21.2. The predicted molar refractivity (Wildman–Crippen MR) is 61.2 cm³/mol. The third-order valence-electron chi connectivity index (χ3n) is 2.71. The fraction of sp³-hybridized carbons (Fsp3) is 0.500. The molecule has 0 radical (unpaired) electrons. The molecule has 0 aromatic carbocycles. The van der Waals surface area contributed by atoms with E-state index in [0.717, 1.165) is 31.8 Å². The van der Waals surface area contributed by atoms with Gasteiger partial charge in [-0.1, -0.05) is 0 Å². The SMILES string of the molecule is CC1CN(c2cnccc2C#N)CCCO1. The van der Waals surface area contributed by atoms with Crippen LogP contribution in [0.1, 0.15) is 18.9 Å². The summed E-state index contributed by atoms with van der Waals surface area (Å²) in [6.07, 6.45) is 4.61. The summed E-state index contributed by atoms with van der Waals surface area (Å²) in [5.41, 5.74) is 1.60. The van der Waals surface area contributed by atoms with E-state index < -0.39 is 0 Å². The summed E-state index contributed by atoms with van der Waals surface area (Å²) >= 11 is 0. The maximum atomic E-state index is 9.05. The minimum absolute atomic E-state index is 0.203. The fourth-order valence-electron chi connectivity index (χ4n) is 1.95. The Balaban J connectivity index is 2.25. The largest absolute Gasteiger partial charge is 0.377 e. The molecule has 1 saturated heterocycles. The molecule has 84 valence electrons. The Morgan fingerprint density at radius 2 is 2.50 bits per heavy atom. The molecule has 0 spiro atoms. The van der Waals surface area contributed by atoms with E-state index in [9.17, 15) is 0 Å². The second-order valence-electron chi connectivity index (χ2n) is 3.99. The molecule has 0 saturated carbocycles. The number of hydrogen-bond acceptors (Lipinski definition) is 4. The lowest BCUT2D eigenvalue weighted by atomic mass is 10.2. The van der Waals surface area contributed by atoms with Crippen LogP contribution in [0.4, 0.5) is 5.69 Å². The molecule has 0 amide bonds. The summed E-state index contributed by atoms with van der Waals surface area (Å²) < 4.78 is 5.58. The monoisotopic (exact) mass is 217 g/mol. The van der Waals surface area contributed by atoms with Gasteiger partial charge in [-0.15, -0.1) is 0 Å². The number of hydrogen-bond donors (Lipinski definition) is 0. The van der Waals surface area contributed by atoms with E-state index in [2.05, 4.69) is 22.9 Å². The molecule has 1 aromatic heterocycles. The van der Waals surface area contributed by atoms with Gasteiger partial charge in [-0.25, -0.2) is 0 Å². The second-order valence-corrected chi connectivity index (χ2v) is 3.99. The van der Waals surface area contributed by atoms with Crippen molar-refractivity contribution in [1.82, 2.24) is 4.98 Å². The molecule has 0 bridgehead atoms. The van der Waals surface area contributed by atoms with E-state index in [0.29, 0.717) is 5.56 Å². The zero-order valence-electron chi connectivity index (χ0n) is 9.39. The van der Waals surface area contributed by atoms with Crippen LogP contribution in [0.2, 0.25) is 0 Å². The first-order valence-electron chi connectivity index (χ1n) is 5.52. The Morgan fingerprint density at radius 1 is 1.62 bits per heavy atom. The number of pyridine rings is 1. The summed E-state index contributed by atoms with van der Waals surface area (Å²) in [5, 5.41) is 9.05. The molecule has 2 rings (SSSR count). The highest BCUT2D eigenvalue weighted by Crippen LogP contribution is 2.20. The van der Waals surface area contributed by atoms with E-state index in [1.165, 1.54) is 0 Å². The van der Waals surface area contributed by atoms with Crippen molar-refractivity contribution in [2.45, 2.75) is 19.4 Å². The third kappa shape index (κ3) is 2.31. The van der Waals surface area contributed by atoms with Crippen molar-refractivity contribution in [3.63, 3.8) is 0 Å². The molecule has 4 nitrogen and oxygen atoms in total. The molecule has 1 unspecified atom stereocenters. The van der Waals surface area contributed by atoms with Crippen LogP contribution in [0.15, 0.2) is 18.5 Å². The van der Waals surface area contributed by atoms with Crippen molar-refractivity contribution < 1.29 is 4.74 Å². The van der Waals surface area contributed by atoms with Gasteiger partial charge in [0.05, 0.1) is 23.6 Å². The number of rotatable bonds is 1. The lowest BCUT2D eigenvalue weighted by Crippen LogP contribution is -2.30. The number of nitrogens with zero attached hydrogens (tertiary/aromatic N) is 3. The molecular weight excluding hydrogens is 202 g/mol. The predicted octanol–water partition coefficient (Wildman–Crippen LogP) is 1.57. The Hall–Kier alpha value is -1.60. The summed E-state index contributed by atoms with van der Waals surface area (Å²) in [4.78, 5) is 6.27. The first-order valence-corrected chi connectivity index (χ1v) is 5.52. The van der Waals surface area contributed by atoms with Gasteiger partial charge in [0.15, 0.2) is 0 Å². The molecule has 4 heteroatoms. The highest BCUT2D eigenvalue weighted by atomic mass is 16.5. The van der Waals surface area contributed by atoms with Crippen LogP contribution in [0.5, 0.6) is 0 Å². The zero-order valence-corrected chi connectivity index (χ0v) is 9.39. The second kappa shape index (κ2) is 4.95. The van der Waals surface area contributed by atoms with Gasteiger partial charge >= 0.3 is 0 Å². The van der Waals surface area contributed by atoms with E-state index in [4.69, 9.17) is 10.00 Å². The molecule has 0 aliphatic carbocycles. The molecule has 0 N–H and O–H groups in total. The van der Waals surface area contributed by atoms with Gasteiger partial charge in [-0.05, 0) is 19.4 Å². The summed E-state index contributed by atoms with van der Waals surface area (Å²) in [7, 11) is 0. The van der Waals surface area contributed by atoms with Crippen molar-refractivity contribution in [2.75, 3.05) is 24.6 Å². The Labute approximate surface area is 95.5 Å². The van der Waals surface area contributed by atoms with Crippen LogP contribution < -0.4 is 4.90 Å². The van der Waals surface area contributed by atoms with Crippen molar-refractivity contribution >= 4 is 5.69 Å². The van der Waals surface area contributed by atoms with Crippen LogP contribution in [0, 0.1) is 11.3 Å². The van der Waals surface area contributed by atoms with E-state index >= 15 is 0 Å². The molecule has 1 aromatic rings. The van der Waals surface area contributed by atoms with Crippen LogP contribution in [-0.2, 0) is 4.74 Å². The lowest BCUT2D eigenvalue weighted by molar-refractivity contribution is 0.0821.